The molecule has 0 aromatic heterocycles. The van der Waals surface area contributed by atoms with E-state index in [1.165, 1.54) is 24.1 Å². The summed E-state index contributed by atoms with van der Waals surface area (Å²) in [6, 6.07) is 16.7. The van der Waals surface area contributed by atoms with Crippen molar-refractivity contribution in [2.75, 3.05) is 18.0 Å². The van der Waals surface area contributed by atoms with Gasteiger partial charge in [-0.1, -0.05) is 48.9 Å². The van der Waals surface area contributed by atoms with Crippen molar-refractivity contribution >= 4 is 17.7 Å². The zero-order chi connectivity index (χ0) is 19.2. The molecule has 1 unspecified atom stereocenters. The van der Waals surface area contributed by atoms with Gasteiger partial charge in [-0.2, -0.15) is 0 Å². The van der Waals surface area contributed by atoms with Crippen molar-refractivity contribution in [2.45, 2.75) is 39.7 Å². The first-order valence-corrected chi connectivity index (χ1v) is 9.91. The summed E-state index contributed by atoms with van der Waals surface area (Å²) in [5.74, 6) is 0.765. The Kier molecular flexibility index (Phi) is 6.33. The van der Waals surface area contributed by atoms with Crippen LogP contribution in [0.25, 0.3) is 6.08 Å². The van der Waals surface area contributed by atoms with Crippen molar-refractivity contribution in [3.8, 4) is 0 Å². The quantitative estimate of drug-likeness (QED) is 0.749. The predicted molar refractivity (Wildman–Crippen MR) is 114 cm³/mol. The highest BCUT2D eigenvalue weighted by atomic mass is 16.1. The largest absolute Gasteiger partial charge is 0.372 e. The Morgan fingerprint density at radius 2 is 1.70 bits per heavy atom. The summed E-state index contributed by atoms with van der Waals surface area (Å²) in [6.45, 7) is 8.68. The second-order valence-corrected chi connectivity index (χ2v) is 7.74. The maximum absolute atomic E-state index is 12.2. The lowest BCUT2D eigenvalue weighted by Crippen LogP contribution is -2.32. The Balaban J connectivity index is 1.54. The number of nitrogens with one attached hydrogen (secondary N) is 1. The highest BCUT2D eigenvalue weighted by molar-refractivity contribution is 5.91. The highest BCUT2D eigenvalue weighted by Gasteiger charge is 2.16. The number of piperidine rings is 1. The van der Waals surface area contributed by atoms with Crippen molar-refractivity contribution in [1.82, 2.24) is 5.32 Å². The van der Waals surface area contributed by atoms with Crippen molar-refractivity contribution in [1.29, 1.82) is 0 Å². The van der Waals surface area contributed by atoms with Crippen LogP contribution in [0.1, 0.15) is 49.4 Å². The van der Waals surface area contributed by atoms with E-state index in [4.69, 9.17) is 0 Å². The minimum atomic E-state index is -0.0721. The first kappa shape index (κ1) is 19.2. The molecule has 1 amide bonds. The zero-order valence-electron chi connectivity index (χ0n) is 16.6. The zero-order valence-corrected chi connectivity index (χ0v) is 16.6. The molecule has 3 rings (SSSR count). The van der Waals surface area contributed by atoms with Gasteiger partial charge in [-0.05, 0) is 61.9 Å². The van der Waals surface area contributed by atoms with Crippen molar-refractivity contribution < 1.29 is 4.79 Å². The van der Waals surface area contributed by atoms with Gasteiger partial charge in [0.15, 0.2) is 0 Å². The van der Waals surface area contributed by atoms with Gasteiger partial charge in [0.2, 0.25) is 5.91 Å². The molecule has 1 atom stereocenters. The van der Waals surface area contributed by atoms with Crippen LogP contribution in [0.15, 0.2) is 54.6 Å². The SMILES string of the molecule is Cc1ccc(/C=C/C(=O)NC(C)c2ccc(N3CCC(C)CC3)cc2)cc1. The van der Waals surface area contributed by atoms with Crippen LogP contribution in [0.5, 0.6) is 0 Å². The Bertz CT molecular complexity index is 769. The molecule has 27 heavy (non-hydrogen) atoms. The number of anilines is 1. The number of nitrogens with zero attached hydrogens (tertiary/aromatic N) is 1. The van der Waals surface area contributed by atoms with E-state index in [9.17, 15) is 4.79 Å². The highest BCUT2D eigenvalue weighted by Crippen LogP contribution is 2.24. The molecule has 1 aliphatic rings. The number of rotatable bonds is 5. The van der Waals surface area contributed by atoms with E-state index in [2.05, 4.69) is 48.3 Å². The fraction of sp³-hybridized carbons (Fsp3) is 0.375. The molecule has 0 bridgehead atoms. The monoisotopic (exact) mass is 362 g/mol. The lowest BCUT2D eigenvalue weighted by molar-refractivity contribution is -0.117. The van der Waals surface area contributed by atoms with Crippen molar-refractivity contribution in [2.24, 2.45) is 5.92 Å². The van der Waals surface area contributed by atoms with Crippen LogP contribution >= 0.6 is 0 Å². The summed E-state index contributed by atoms with van der Waals surface area (Å²) in [5, 5.41) is 3.04. The number of amides is 1. The summed E-state index contributed by atoms with van der Waals surface area (Å²) in [5.41, 5.74) is 4.65. The normalized spacial score (nSPS) is 16.5. The molecular weight excluding hydrogens is 332 g/mol. The van der Waals surface area contributed by atoms with Gasteiger partial charge in [-0.3, -0.25) is 4.79 Å². The number of aryl methyl sites for hydroxylation is 1. The molecule has 0 radical (unpaired) electrons. The third-order valence-electron chi connectivity index (χ3n) is 5.41. The summed E-state index contributed by atoms with van der Waals surface area (Å²) >= 11 is 0. The first-order chi connectivity index (χ1) is 13.0. The van der Waals surface area contributed by atoms with E-state index in [0.29, 0.717) is 0 Å². The Morgan fingerprint density at radius 3 is 2.33 bits per heavy atom. The average molecular weight is 363 g/mol. The number of hydrogen-bond acceptors (Lipinski definition) is 2. The predicted octanol–water partition coefficient (Wildman–Crippen LogP) is 5.12. The molecule has 1 saturated heterocycles. The Morgan fingerprint density at radius 1 is 1.07 bits per heavy atom. The topological polar surface area (TPSA) is 32.3 Å². The number of carbonyl (C=O) groups excluding carboxylic acids is 1. The van der Waals surface area contributed by atoms with E-state index < -0.39 is 0 Å². The molecule has 3 nitrogen and oxygen atoms in total. The molecule has 1 aliphatic heterocycles. The maximum atomic E-state index is 12.2. The third kappa shape index (κ3) is 5.46. The smallest absolute Gasteiger partial charge is 0.244 e. The first-order valence-electron chi connectivity index (χ1n) is 9.91. The van der Waals surface area contributed by atoms with Crippen LogP contribution in [0.2, 0.25) is 0 Å². The molecule has 0 spiro atoms. The molecule has 142 valence electrons. The van der Waals surface area contributed by atoms with E-state index in [-0.39, 0.29) is 11.9 Å². The molecule has 0 saturated carbocycles. The lowest BCUT2D eigenvalue weighted by Gasteiger charge is -2.32. The molecule has 2 aromatic carbocycles. The lowest BCUT2D eigenvalue weighted by atomic mass is 9.98. The summed E-state index contributed by atoms with van der Waals surface area (Å²) < 4.78 is 0. The van der Waals surface area contributed by atoms with Gasteiger partial charge < -0.3 is 10.2 Å². The molecule has 3 heteroatoms. The second kappa shape index (κ2) is 8.90. The Hall–Kier alpha value is -2.55. The van der Waals surface area contributed by atoms with Crippen LogP contribution in [0.4, 0.5) is 5.69 Å². The number of hydrogen-bond donors (Lipinski definition) is 1. The fourth-order valence-electron chi connectivity index (χ4n) is 3.43. The number of benzene rings is 2. The Labute approximate surface area is 163 Å². The van der Waals surface area contributed by atoms with Crippen molar-refractivity contribution in [3.05, 3.63) is 71.3 Å². The third-order valence-corrected chi connectivity index (χ3v) is 5.41. The van der Waals surface area contributed by atoms with Gasteiger partial charge in [0.25, 0.3) is 0 Å². The minimum Gasteiger partial charge on any atom is -0.372 e. The van der Waals surface area contributed by atoms with E-state index in [0.717, 1.165) is 30.1 Å². The van der Waals surface area contributed by atoms with Crippen LogP contribution in [0.3, 0.4) is 0 Å². The van der Waals surface area contributed by atoms with Gasteiger partial charge in [0, 0.05) is 24.9 Å². The van der Waals surface area contributed by atoms with E-state index in [1.54, 1.807) is 6.08 Å². The summed E-state index contributed by atoms with van der Waals surface area (Å²) in [4.78, 5) is 14.7. The minimum absolute atomic E-state index is 0.0180. The van der Waals surface area contributed by atoms with Gasteiger partial charge in [0.1, 0.15) is 0 Å². The van der Waals surface area contributed by atoms with Crippen LogP contribution < -0.4 is 10.2 Å². The molecule has 0 aliphatic carbocycles. The summed E-state index contributed by atoms with van der Waals surface area (Å²) in [7, 11) is 0. The second-order valence-electron chi connectivity index (χ2n) is 7.74. The van der Waals surface area contributed by atoms with Gasteiger partial charge in [-0.25, -0.2) is 0 Å². The van der Waals surface area contributed by atoms with Crippen LogP contribution in [0, 0.1) is 12.8 Å². The molecule has 1 heterocycles. The molecule has 1 N–H and O–H groups in total. The van der Waals surface area contributed by atoms with E-state index in [1.807, 2.05) is 37.3 Å². The van der Waals surface area contributed by atoms with Gasteiger partial charge in [-0.15, -0.1) is 0 Å². The fourth-order valence-corrected chi connectivity index (χ4v) is 3.43. The summed E-state index contributed by atoms with van der Waals surface area (Å²) in [6.07, 6.45) is 5.98. The number of carbonyl (C=O) groups is 1. The van der Waals surface area contributed by atoms with Gasteiger partial charge in [0.05, 0.1) is 6.04 Å². The maximum Gasteiger partial charge on any atom is 0.244 e. The molecule has 2 aromatic rings. The average Bonchev–Trinajstić information content (AvgIpc) is 2.68. The van der Waals surface area contributed by atoms with Crippen LogP contribution in [-0.2, 0) is 4.79 Å². The van der Waals surface area contributed by atoms with Crippen molar-refractivity contribution in [3.63, 3.8) is 0 Å². The molecular formula is C24H30N2O. The van der Waals surface area contributed by atoms with Gasteiger partial charge >= 0.3 is 0 Å². The van der Waals surface area contributed by atoms with E-state index >= 15 is 0 Å². The van der Waals surface area contributed by atoms with Crippen LogP contribution in [-0.4, -0.2) is 19.0 Å². The molecule has 1 fully saturated rings. The standard InChI is InChI=1S/C24H30N2O/c1-18-4-6-21(7-5-18)8-13-24(27)25-20(3)22-9-11-23(12-10-22)26-16-14-19(2)15-17-26/h4-13,19-20H,14-17H2,1-3H3,(H,25,27)/b13-8+.